The van der Waals surface area contributed by atoms with Crippen molar-refractivity contribution in [2.75, 3.05) is 0 Å². The zero-order valence-electron chi connectivity index (χ0n) is 12.8. The quantitative estimate of drug-likeness (QED) is 0.898. The second kappa shape index (κ2) is 6.51. The van der Waals surface area contributed by atoms with E-state index >= 15 is 0 Å². The van der Waals surface area contributed by atoms with Crippen molar-refractivity contribution in [1.82, 2.24) is 5.32 Å². The predicted octanol–water partition coefficient (Wildman–Crippen LogP) is 2.87. The highest BCUT2D eigenvalue weighted by Crippen LogP contribution is 2.34. The molecule has 1 amide bonds. The topological polar surface area (TPSA) is 66.4 Å². The molecule has 118 valence electrons. The molecule has 0 radical (unpaired) electrons. The van der Waals surface area contributed by atoms with Crippen LogP contribution >= 0.6 is 0 Å². The van der Waals surface area contributed by atoms with Crippen LogP contribution in [-0.2, 0) is 16.0 Å². The first-order valence-electron chi connectivity index (χ1n) is 8.25. The molecule has 1 saturated carbocycles. The van der Waals surface area contributed by atoms with Crippen LogP contribution in [0.15, 0.2) is 24.3 Å². The average molecular weight is 301 g/mol. The van der Waals surface area contributed by atoms with E-state index in [2.05, 4.69) is 23.5 Å². The molecule has 3 atom stereocenters. The fourth-order valence-electron chi connectivity index (χ4n) is 3.98. The van der Waals surface area contributed by atoms with Crippen LogP contribution in [0.2, 0.25) is 0 Å². The van der Waals surface area contributed by atoms with E-state index in [9.17, 15) is 14.7 Å². The van der Waals surface area contributed by atoms with Gasteiger partial charge in [-0.2, -0.15) is 0 Å². The molecule has 4 heteroatoms. The van der Waals surface area contributed by atoms with Gasteiger partial charge in [0.2, 0.25) is 5.91 Å². The van der Waals surface area contributed by atoms with Gasteiger partial charge in [0.05, 0.1) is 5.92 Å². The molecule has 1 aromatic carbocycles. The van der Waals surface area contributed by atoms with Crippen LogP contribution in [0.25, 0.3) is 0 Å². The molecule has 1 aromatic rings. The first-order chi connectivity index (χ1) is 10.6. The second-order valence-electron chi connectivity index (χ2n) is 6.54. The van der Waals surface area contributed by atoms with Gasteiger partial charge in [-0.05, 0) is 49.1 Å². The maximum absolute atomic E-state index is 12.3. The molecular weight excluding hydrogens is 278 g/mol. The third kappa shape index (κ3) is 3.16. The SMILES string of the molecule is O=C(CC1CCCc2ccccc21)N[C@H]1CCC[C@H]1C(=O)O. The smallest absolute Gasteiger partial charge is 0.308 e. The number of fused-ring (bicyclic) bond motifs is 1. The lowest BCUT2D eigenvalue weighted by atomic mass is 9.81. The van der Waals surface area contributed by atoms with E-state index in [1.54, 1.807) is 0 Å². The monoisotopic (exact) mass is 301 g/mol. The summed E-state index contributed by atoms with van der Waals surface area (Å²) < 4.78 is 0. The number of rotatable bonds is 4. The molecule has 0 heterocycles. The molecule has 2 aliphatic carbocycles. The Morgan fingerprint density at radius 1 is 1.14 bits per heavy atom. The largest absolute Gasteiger partial charge is 0.481 e. The zero-order valence-corrected chi connectivity index (χ0v) is 12.8. The first-order valence-corrected chi connectivity index (χ1v) is 8.25. The number of aliphatic carboxylic acids is 1. The average Bonchev–Trinajstić information content (AvgIpc) is 2.96. The predicted molar refractivity (Wildman–Crippen MR) is 83.6 cm³/mol. The van der Waals surface area contributed by atoms with Crippen LogP contribution in [0.4, 0.5) is 0 Å². The first kappa shape index (κ1) is 15.1. The number of carbonyl (C=O) groups is 2. The Bertz CT molecular complexity index is 569. The maximum Gasteiger partial charge on any atom is 0.308 e. The Morgan fingerprint density at radius 3 is 2.77 bits per heavy atom. The Labute approximate surface area is 130 Å². The van der Waals surface area contributed by atoms with E-state index in [0.717, 1.165) is 32.1 Å². The molecule has 2 N–H and O–H groups in total. The Hall–Kier alpha value is -1.84. The molecule has 0 saturated heterocycles. The molecule has 1 fully saturated rings. The van der Waals surface area contributed by atoms with E-state index in [1.807, 2.05) is 6.07 Å². The van der Waals surface area contributed by atoms with Gasteiger partial charge >= 0.3 is 5.97 Å². The van der Waals surface area contributed by atoms with Crippen molar-refractivity contribution in [1.29, 1.82) is 0 Å². The summed E-state index contributed by atoms with van der Waals surface area (Å²) in [6.07, 6.45) is 6.07. The highest BCUT2D eigenvalue weighted by molar-refractivity contribution is 5.79. The van der Waals surface area contributed by atoms with Crippen molar-refractivity contribution >= 4 is 11.9 Å². The van der Waals surface area contributed by atoms with Gasteiger partial charge < -0.3 is 10.4 Å². The summed E-state index contributed by atoms with van der Waals surface area (Å²) in [6.45, 7) is 0. The molecule has 1 unspecified atom stereocenters. The van der Waals surface area contributed by atoms with Gasteiger partial charge in [0.15, 0.2) is 0 Å². The van der Waals surface area contributed by atoms with Crippen LogP contribution in [0.5, 0.6) is 0 Å². The van der Waals surface area contributed by atoms with Crippen molar-refractivity contribution in [3.05, 3.63) is 35.4 Å². The number of aryl methyl sites for hydroxylation is 1. The third-order valence-electron chi connectivity index (χ3n) is 5.10. The Morgan fingerprint density at radius 2 is 1.95 bits per heavy atom. The summed E-state index contributed by atoms with van der Waals surface area (Å²) in [5.74, 6) is -0.928. The fourth-order valence-corrected chi connectivity index (χ4v) is 3.98. The van der Waals surface area contributed by atoms with Crippen LogP contribution < -0.4 is 5.32 Å². The summed E-state index contributed by atoms with van der Waals surface area (Å²) >= 11 is 0. The van der Waals surface area contributed by atoms with Gasteiger partial charge in [0, 0.05) is 12.5 Å². The zero-order chi connectivity index (χ0) is 15.5. The molecular formula is C18H23NO3. The number of carbonyl (C=O) groups excluding carboxylic acids is 1. The van der Waals surface area contributed by atoms with E-state index in [0.29, 0.717) is 12.8 Å². The van der Waals surface area contributed by atoms with Gasteiger partial charge in [-0.1, -0.05) is 30.7 Å². The van der Waals surface area contributed by atoms with Crippen LogP contribution in [0, 0.1) is 5.92 Å². The van der Waals surface area contributed by atoms with Crippen LogP contribution in [0.3, 0.4) is 0 Å². The van der Waals surface area contributed by atoms with Crippen molar-refractivity contribution in [3.63, 3.8) is 0 Å². The van der Waals surface area contributed by atoms with Gasteiger partial charge in [-0.15, -0.1) is 0 Å². The van der Waals surface area contributed by atoms with Crippen LogP contribution in [0.1, 0.15) is 55.6 Å². The normalized spacial score (nSPS) is 27.2. The lowest BCUT2D eigenvalue weighted by Crippen LogP contribution is -2.40. The van der Waals surface area contributed by atoms with Gasteiger partial charge in [0.1, 0.15) is 0 Å². The third-order valence-corrected chi connectivity index (χ3v) is 5.10. The summed E-state index contributed by atoms with van der Waals surface area (Å²) in [6, 6.07) is 8.17. The van der Waals surface area contributed by atoms with E-state index in [1.165, 1.54) is 11.1 Å². The number of hydrogen-bond acceptors (Lipinski definition) is 2. The Balaban J connectivity index is 1.62. The molecule has 0 aliphatic heterocycles. The standard InChI is InChI=1S/C18H23NO3/c20-17(19-16-10-4-9-15(16)18(21)22)11-13-7-3-6-12-5-1-2-8-14(12)13/h1-2,5,8,13,15-16H,3-4,6-7,9-11H2,(H,19,20)(H,21,22)/t13?,15-,16+/m1/s1. The summed E-state index contributed by atoms with van der Waals surface area (Å²) in [4.78, 5) is 23.5. The molecule has 22 heavy (non-hydrogen) atoms. The number of benzene rings is 1. The highest BCUT2D eigenvalue weighted by Gasteiger charge is 2.34. The number of carboxylic acids is 1. The van der Waals surface area contributed by atoms with Crippen molar-refractivity contribution in [3.8, 4) is 0 Å². The van der Waals surface area contributed by atoms with Crippen LogP contribution in [-0.4, -0.2) is 23.0 Å². The number of carboxylic acid groups (broad SMARTS) is 1. The Kier molecular flexibility index (Phi) is 4.46. The highest BCUT2D eigenvalue weighted by atomic mass is 16.4. The molecule has 0 aromatic heterocycles. The molecule has 4 nitrogen and oxygen atoms in total. The molecule has 0 bridgehead atoms. The lowest BCUT2D eigenvalue weighted by molar-refractivity contribution is -0.142. The lowest BCUT2D eigenvalue weighted by Gasteiger charge is -2.26. The number of amides is 1. The minimum absolute atomic E-state index is 0.000136. The van der Waals surface area contributed by atoms with Gasteiger partial charge in [-0.25, -0.2) is 0 Å². The van der Waals surface area contributed by atoms with Crippen molar-refractivity contribution < 1.29 is 14.7 Å². The van der Waals surface area contributed by atoms with Gasteiger partial charge in [0.25, 0.3) is 0 Å². The molecule has 3 rings (SSSR count). The minimum Gasteiger partial charge on any atom is -0.481 e. The summed E-state index contributed by atoms with van der Waals surface area (Å²) in [5.41, 5.74) is 2.65. The van der Waals surface area contributed by atoms with E-state index in [-0.39, 0.29) is 17.9 Å². The van der Waals surface area contributed by atoms with Crippen molar-refractivity contribution in [2.24, 2.45) is 5.92 Å². The summed E-state index contributed by atoms with van der Waals surface area (Å²) in [7, 11) is 0. The minimum atomic E-state index is -0.786. The van der Waals surface area contributed by atoms with Crippen molar-refractivity contribution in [2.45, 2.75) is 56.9 Å². The summed E-state index contributed by atoms with van der Waals surface area (Å²) in [5, 5.41) is 12.2. The van der Waals surface area contributed by atoms with E-state index < -0.39 is 11.9 Å². The van der Waals surface area contributed by atoms with Gasteiger partial charge in [-0.3, -0.25) is 9.59 Å². The molecule has 2 aliphatic rings. The molecule has 0 spiro atoms. The second-order valence-corrected chi connectivity index (χ2v) is 6.54. The number of nitrogens with one attached hydrogen (secondary N) is 1. The number of hydrogen-bond donors (Lipinski definition) is 2. The maximum atomic E-state index is 12.3. The van der Waals surface area contributed by atoms with E-state index in [4.69, 9.17) is 0 Å². The fraction of sp³-hybridized carbons (Fsp3) is 0.556.